The molecule has 1 nitrogen and oxygen atoms in total. The molecule has 0 amide bonds. The van der Waals surface area contributed by atoms with Gasteiger partial charge in [-0.3, -0.25) is 0 Å². The van der Waals surface area contributed by atoms with Gasteiger partial charge in [0.05, 0.1) is 0 Å². The molecule has 2 unspecified atom stereocenters. The molecule has 1 aliphatic rings. The molecular formula is C10H11F2N. The van der Waals surface area contributed by atoms with Gasteiger partial charge in [0.15, 0.2) is 0 Å². The van der Waals surface area contributed by atoms with Gasteiger partial charge in [-0.1, -0.05) is 6.92 Å². The number of benzene rings is 1. The maximum Gasteiger partial charge on any atom is 0.126 e. The van der Waals surface area contributed by atoms with Gasteiger partial charge in [-0.15, -0.1) is 0 Å². The smallest absolute Gasteiger partial charge is 0.126 e. The summed E-state index contributed by atoms with van der Waals surface area (Å²) >= 11 is 0. The molecule has 0 heterocycles. The fraction of sp³-hybridized carbons (Fsp3) is 0.400. The Balaban J connectivity index is 2.42. The lowest BCUT2D eigenvalue weighted by molar-refractivity contribution is 0.572. The van der Waals surface area contributed by atoms with Crippen LogP contribution in [0.5, 0.6) is 0 Å². The minimum absolute atomic E-state index is 0.0358. The quantitative estimate of drug-likeness (QED) is 0.707. The van der Waals surface area contributed by atoms with Crippen molar-refractivity contribution in [2.24, 2.45) is 5.73 Å². The average molecular weight is 183 g/mol. The summed E-state index contributed by atoms with van der Waals surface area (Å²) in [6.07, 6.45) is 0.801. The van der Waals surface area contributed by atoms with Crippen LogP contribution < -0.4 is 5.73 Å². The van der Waals surface area contributed by atoms with Crippen molar-refractivity contribution in [2.45, 2.75) is 24.8 Å². The fourth-order valence-corrected chi connectivity index (χ4v) is 1.61. The van der Waals surface area contributed by atoms with E-state index in [1.54, 1.807) is 0 Å². The standard InChI is InChI=1S/C10H11F2N/c1-10(5-9(10)13)6-2-7(11)4-8(12)3-6/h2-4,9H,5,13H2,1H3. The van der Waals surface area contributed by atoms with Crippen molar-refractivity contribution < 1.29 is 8.78 Å². The molecule has 1 aromatic rings. The lowest BCUT2D eigenvalue weighted by Gasteiger charge is -2.09. The summed E-state index contributed by atoms with van der Waals surface area (Å²) in [5.41, 5.74) is 6.13. The van der Waals surface area contributed by atoms with Gasteiger partial charge in [0.1, 0.15) is 11.6 Å². The molecule has 3 heteroatoms. The van der Waals surface area contributed by atoms with E-state index in [1.807, 2.05) is 6.92 Å². The van der Waals surface area contributed by atoms with Crippen LogP contribution in [0.2, 0.25) is 0 Å². The summed E-state index contributed by atoms with van der Waals surface area (Å²) in [5.74, 6) is -1.06. The highest BCUT2D eigenvalue weighted by atomic mass is 19.1. The molecule has 1 saturated carbocycles. The van der Waals surface area contributed by atoms with Gasteiger partial charge >= 0.3 is 0 Å². The first-order valence-corrected chi connectivity index (χ1v) is 4.24. The number of rotatable bonds is 1. The maximum atomic E-state index is 12.8. The summed E-state index contributed by atoms with van der Waals surface area (Å²) in [6.45, 7) is 1.92. The molecule has 1 aromatic carbocycles. The van der Waals surface area contributed by atoms with Crippen LogP contribution >= 0.6 is 0 Å². The molecule has 1 aliphatic carbocycles. The monoisotopic (exact) mass is 183 g/mol. The highest BCUT2D eigenvalue weighted by molar-refractivity contribution is 5.35. The second-order valence-corrected chi connectivity index (χ2v) is 3.89. The van der Waals surface area contributed by atoms with Crippen molar-refractivity contribution in [1.82, 2.24) is 0 Å². The molecular weight excluding hydrogens is 172 g/mol. The minimum Gasteiger partial charge on any atom is -0.327 e. The van der Waals surface area contributed by atoms with E-state index >= 15 is 0 Å². The van der Waals surface area contributed by atoms with Gasteiger partial charge in [-0.05, 0) is 24.1 Å². The normalized spacial score (nSPS) is 31.8. The molecule has 2 N–H and O–H groups in total. The Kier molecular flexibility index (Phi) is 1.67. The van der Waals surface area contributed by atoms with E-state index in [4.69, 9.17) is 5.73 Å². The number of nitrogens with two attached hydrogens (primary N) is 1. The lowest BCUT2D eigenvalue weighted by Crippen LogP contribution is -2.14. The Labute approximate surface area is 75.6 Å². The van der Waals surface area contributed by atoms with Gasteiger partial charge in [-0.2, -0.15) is 0 Å². The number of hydrogen-bond donors (Lipinski definition) is 1. The predicted octanol–water partition coefficient (Wildman–Crippen LogP) is 1.95. The molecule has 0 bridgehead atoms. The van der Waals surface area contributed by atoms with Crippen molar-refractivity contribution >= 4 is 0 Å². The SMILES string of the molecule is CC1(c2cc(F)cc(F)c2)CC1N. The van der Waals surface area contributed by atoms with Crippen molar-refractivity contribution in [3.05, 3.63) is 35.4 Å². The largest absolute Gasteiger partial charge is 0.327 e. The Morgan fingerprint density at radius 3 is 2.15 bits per heavy atom. The molecule has 2 rings (SSSR count). The average Bonchev–Trinajstić information content (AvgIpc) is 2.59. The van der Waals surface area contributed by atoms with Crippen LogP contribution in [0.1, 0.15) is 18.9 Å². The minimum atomic E-state index is -0.532. The summed E-state index contributed by atoms with van der Waals surface area (Å²) < 4.78 is 25.7. The first-order chi connectivity index (χ1) is 6.02. The van der Waals surface area contributed by atoms with Gasteiger partial charge in [-0.25, -0.2) is 8.78 Å². The zero-order chi connectivity index (χ0) is 9.64. The predicted molar refractivity (Wildman–Crippen MR) is 46.3 cm³/mol. The van der Waals surface area contributed by atoms with E-state index in [-0.39, 0.29) is 11.5 Å². The maximum absolute atomic E-state index is 12.8. The van der Waals surface area contributed by atoms with Crippen LogP contribution in [0.25, 0.3) is 0 Å². The van der Waals surface area contributed by atoms with Crippen LogP contribution in [0.15, 0.2) is 18.2 Å². The molecule has 0 saturated heterocycles. The number of hydrogen-bond acceptors (Lipinski definition) is 1. The third kappa shape index (κ3) is 1.33. The number of halogens is 2. The van der Waals surface area contributed by atoms with Crippen molar-refractivity contribution in [2.75, 3.05) is 0 Å². The summed E-state index contributed by atoms with van der Waals surface area (Å²) in [6, 6.07) is 3.63. The highest BCUT2D eigenvalue weighted by Crippen LogP contribution is 2.46. The fourth-order valence-electron chi connectivity index (χ4n) is 1.61. The van der Waals surface area contributed by atoms with Gasteiger partial charge in [0.2, 0.25) is 0 Å². The van der Waals surface area contributed by atoms with Crippen molar-refractivity contribution in [3.8, 4) is 0 Å². The van der Waals surface area contributed by atoms with E-state index < -0.39 is 11.6 Å². The molecule has 0 aliphatic heterocycles. The Hall–Kier alpha value is -0.960. The topological polar surface area (TPSA) is 26.0 Å². The molecule has 2 atom stereocenters. The van der Waals surface area contributed by atoms with Crippen LogP contribution in [-0.4, -0.2) is 6.04 Å². The summed E-state index contributed by atoms with van der Waals surface area (Å²) in [4.78, 5) is 0. The summed E-state index contributed by atoms with van der Waals surface area (Å²) in [7, 11) is 0. The van der Waals surface area contributed by atoms with E-state index in [0.29, 0.717) is 5.56 Å². The molecule has 13 heavy (non-hydrogen) atoms. The molecule has 0 spiro atoms. The van der Waals surface area contributed by atoms with E-state index in [9.17, 15) is 8.78 Å². The molecule has 0 radical (unpaired) electrons. The van der Waals surface area contributed by atoms with Gasteiger partial charge in [0.25, 0.3) is 0 Å². The summed E-state index contributed by atoms with van der Waals surface area (Å²) in [5, 5.41) is 0. The van der Waals surface area contributed by atoms with Crippen LogP contribution in [-0.2, 0) is 5.41 Å². The first kappa shape index (κ1) is 8.63. The second-order valence-electron chi connectivity index (χ2n) is 3.89. The van der Waals surface area contributed by atoms with E-state index in [0.717, 1.165) is 12.5 Å². The zero-order valence-corrected chi connectivity index (χ0v) is 7.35. The Morgan fingerprint density at radius 2 is 1.77 bits per heavy atom. The third-order valence-corrected chi connectivity index (χ3v) is 2.82. The van der Waals surface area contributed by atoms with Crippen molar-refractivity contribution in [3.63, 3.8) is 0 Å². The zero-order valence-electron chi connectivity index (χ0n) is 7.35. The highest BCUT2D eigenvalue weighted by Gasteiger charge is 2.49. The van der Waals surface area contributed by atoms with E-state index in [1.165, 1.54) is 12.1 Å². The lowest BCUT2D eigenvalue weighted by atomic mass is 9.97. The van der Waals surface area contributed by atoms with Crippen LogP contribution in [0.3, 0.4) is 0 Å². The van der Waals surface area contributed by atoms with E-state index in [2.05, 4.69) is 0 Å². The van der Waals surface area contributed by atoms with Crippen LogP contribution in [0, 0.1) is 11.6 Å². The van der Waals surface area contributed by atoms with Crippen LogP contribution in [0.4, 0.5) is 8.78 Å². The second kappa shape index (κ2) is 2.51. The van der Waals surface area contributed by atoms with Gasteiger partial charge in [0, 0.05) is 17.5 Å². The molecule has 1 fully saturated rings. The van der Waals surface area contributed by atoms with Crippen molar-refractivity contribution in [1.29, 1.82) is 0 Å². The molecule has 0 aromatic heterocycles. The Morgan fingerprint density at radius 1 is 1.31 bits per heavy atom. The molecule has 70 valence electrons. The van der Waals surface area contributed by atoms with Gasteiger partial charge < -0.3 is 5.73 Å². The Bertz CT molecular complexity index is 331. The third-order valence-electron chi connectivity index (χ3n) is 2.82. The first-order valence-electron chi connectivity index (χ1n) is 4.24.